The highest BCUT2D eigenvalue weighted by Gasteiger charge is 2.00. The summed E-state index contributed by atoms with van der Waals surface area (Å²) in [6.07, 6.45) is 46.4. The van der Waals surface area contributed by atoms with Crippen LogP contribution in [0.15, 0.2) is 0 Å². The molecule has 0 aliphatic carbocycles. The molecule has 0 fully saturated rings. The van der Waals surface area contributed by atoms with Crippen molar-refractivity contribution in [2.45, 2.75) is 219 Å². The molecule has 0 spiro atoms. The third kappa shape index (κ3) is 34.0. The van der Waals surface area contributed by atoms with Crippen LogP contribution in [0.5, 0.6) is 0 Å². The van der Waals surface area contributed by atoms with Crippen LogP contribution >= 0.6 is 0 Å². The van der Waals surface area contributed by atoms with E-state index in [0.717, 1.165) is 0 Å². The largest absolute Gasteiger partial charge is 0.302 e. The van der Waals surface area contributed by atoms with Crippen LogP contribution in [0.3, 0.4) is 0 Å². The van der Waals surface area contributed by atoms with E-state index in [2.05, 4.69) is 25.8 Å². The maximum absolute atomic E-state index is 4.29. The molecule has 0 saturated carbocycles. The number of rotatable bonds is 34. The molecule has 0 N–H and O–H groups in total. The summed E-state index contributed by atoms with van der Waals surface area (Å²) in [6, 6.07) is 0. The van der Waals surface area contributed by atoms with Gasteiger partial charge in [0.05, 0.1) is 0 Å². The molecule has 229 valence electrons. The summed E-state index contributed by atoms with van der Waals surface area (Å²) in [4.78, 5) is 2.34. The molecule has 0 unspecified atom stereocenters. The smallest absolute Gasteiger partial charge is 0.0109 e. The molecule has 0 bridgehead atoms. The summed E-state index contributed by atoms with van der Waals surface area (Å²) in [6.45, 7) is 7.02. The van der Waals surface area contributed by atoms with E-state index in [-0.39, 0.29) is 0 Å². The van der Waals surface area contributed by atoms with Gasteiger partial charge in [-0.05, 0) is 25.9 Å². The topological polar surface area (TPSA) is 3.24 Å². The minimum atomic E-state index is 1.21. The number of unbranched alkanes of at least 4 members (excludes halogenated alkanes) is 30. The molecule has 0 aliphatic heterocycles. The van der Waals surface area contributed by atoms with Crippen molar-refractivity contribution in [1.29, 1.82) is 0 Å². The summed E-state index contributed by atoms with van der Waals surface area (Å²) in [7, 11) is 4.29. The summed E-state index contributed by atoms with van der Waals surface area (Å²) in [5.74, 6) is 0. The molecule has 1 radical (unpaired) electrons. The first-order chi connectivity index (χ1) is 18.8. The second-order valence-corrected chi connectivity index (χ2v) is 12.7. The lowest BCUT2D eigenvalue weighted by Crippen LogP contribution is -2.18. The highest BCUT2D eigenvalue weighted by atomic mass is 15.1. The van der Waals surface area contributed by atoms with E-state index in [9.17, 15) is 0 Å². The second kappa shape index (κ2) is 35.0. The Morgan fingerprint density at radius 3 is 0.605 bits per heavy atom. The van der Waals surface area contributed by atoms with Gasteiger partial charge in [-0.25, -0.2) is 0 Å². The Hall–Kier alpha value is -0.0400. The molecular formula is C37H76N. The van der Waals surface area contributed by atoms with Crippen LogP contribution in [-0.4, -0.2) is 18.0 Å². The van der Waals surface area contributed by atoms with Crippen LogP contribution in [0.1, 0.15) is 219 Å². The number of hydrogen-bond donors (Lipinski definition) is 0. The van der Waals surface area contributed by atoms with E-state index in [4.69, 9.17) is 0 Å². The van der Waals surface area contributed by atoms with E-state index in [1.807, 2.05) is 0 Å². The maximum atomic E-state index is 4.29. The second-order valence-electron chi connectivity index (χ2n) is 12.7. The molecule has 0 atom stereocenters. The Balaban J connectivity index is 3.13. The van der Waals surface area contributed by atoms with Crippen molar-refractivity contribution in [2.75, 3.05) is 13.1 Å². The molecule has 38 heavy (non-hydrogen) atoms. The van der Waals surface area contributed by atoms with Crippen LogP contribution in [0.25, 0.3) is 0 Å². The highest BCUT2D eigenvalue weighted by molar-refractivity contribution is 4.58. The first-order valence-corrected chi connectivity index (χ1v) is 18.4. The fourth-order valence-electron chi connectivity index (χ4n) is 5.88. The van der Waals surface area contributed by atoms with Crippen LogP contribution in [0, 0.1) is 7.05 Å². The molecule has 0 amide bonds. The quantitative estimate of drug-likeness (QED) is 0.0742. The predicted molar refractivity (Wildman–Crippen MR) is 176 cm³/mol. The van der Waals surface area contributed by atoms with E-state index >= 15 is 0 Å². The molecule has 0 rings (SSSR count). The van der Waals surface area contributed by atoms with Gasteiger partial charge in [-0.3, -0.25) is 0 Å². The first kappa shape index (κ1) is 38.0. The van der Waals surface area contributed by atoms with Crippen molar-refractivity contribution < 1.29 is 0 Å². The Labute approximate surface area is 244 Å². The van der Waals surface area contributed by atoms with E-state index in [1.54, 1.807) is 0 Å². The molecule has 0 aromatic rings. The lowest BCUT2D eigenvalue weighted by atomic mass is 10.0. The lowest BCUT2D eigenvalue weighted by Gasteiger charge is -2.16. The van der Waals surface area contributed by atoms with Crippen LogP contribution in [-0.2, 0) is 0 Å². The SMILES string of the molecule is [CH2]N(CCCCCCCCCCCCCCCCCC)CCCCCCCCCCCCCCCCCC. The maximum Gasteiger partial charge on any atom is 0.0109 e. The average Bonchev–Trinajstić information content (AvgIpc) is 2.92. The Bertz CT molecular complexity index is 356. The minimum absolute atomic E-state index is 1.21. The summed E-state index contributed by atoms with van der Waals surface area (Å²) in [5.41, 5.74) is 0. The summed E-state index contributed by atoms with van der Waals surface area (Å²) < 4.78 is 0. The molecule has 0 aromatic heterocycles. The summed E-state index contributed by atoms with van der Waals surface area (Å²) >= 11 is 0. The monoisotopic (exact) mass is 535 g/mol. The molecule has 0 aromatic carbocycles. The summed E-state index contributed by atoms with van der Waals surface area (Å²) in [5, 5.41) is 0. The van der Waals surface area contributed by atoms with E-state index < -0.39 is 0 Å². The van der Waals surface area contributed by atoms with Crippen molar-refractivity contribution in [3.8, 4) is 0 Å². The molecule has 1 nitrogen and oxygen atoms in total. The normalized spacial score (nSPS) is 11.7. The predicted octanol–water partition coefficient (Wildman–Crippen LogP) is 13.6. The van der Waals surface area contributed by atoms with E-state index in [0.29, 0.717) is 0 Å². The Morgan fingerprint density at radius 1 is 0.263 bits per heavy atom. The van der Waals surface area contributed by atoms with Gasteiger partial charge >= 0.3 is 0 Å². The average molecular weight is 535 g/mol. The third-order valence-corrected chi connectivity index (χ3v) is 8.66. The van der Waals surface area contributed by atoms with Crippen molar-refractivity contribution >= 4 is 0 Å². The van der Waals surface area contributed by atoms with Gasteiger partial charge in [0.2, 0.25) is 0 Å². The molecule has 0 heterocycles. The van der Waals surface area contributed by atoms with Gasteiger partial charge < -0.3 is 4.90 Å². The van der Waals surface area contributed by atoms with Gasteiger partial charge in [0.15, 0.2) is 0 Å². The third-order valence-electron chi connectivity index (χ3n) is 8.66. The zero-order valence-corrected chi connectivity index (χ0v) is 27.2. The van der Waals surface area contributed by atoms with Gasteiger partial charge in [0.1, 0.15) is 0 Å². The van der Waals surface area contributed by atoms with Crippen LogP contribution in [0.4, 0.5) is 0 Å². The fourth-order valence-corrected chi connectivity index (χ4v) is 5.88. The number of nitrogens with zero attached hydrogens (tertiary/aromatic N) is 1. The Morgan fingerprint density at radius 2 is 0.421 bits per heavy atom. The van der Waals surface area contributed by atoms with Crippen molar-refractivity contribution in [3.63, 3.8) is 0 Å². The lowest BCUT2D eigenvalue weighted by molar-refractivity contribution is 0.344. The Kier molecular flexibility index (Phi) is 35.0. The zero-order chi connectivity index (χ0) is 27.6. The van der Waals surface area contributed by atoms with Gasteiger partial charge in [-0.1, -0.05) is 206 Å². The minimum Gasteiger partial charge on any atom is -0.302 e. The van der Waals surface area contributed by atoms with E-state index in [1.165, 1.54) is 219 Å². The molecule has 0 aliphatic rings. The molecule has 1 heteroatoms. The zero-order valence-electron chi connectivity index (χ0n) is 27.2. The van der Waals surface area contributed by atoms with Crippen molar-refractivity contribution in [2.24, 2.45) is 0 Å². The van der Waals surface area contributed by atoms with Gasteiger partial charge in [-0.15, -0.1) is 0 Å². The van der Waals surface area contributed by atoms with Crippen LogP contribution in [0.2, 0.25) is 0 Å². The molecule has 0 saturated heterocycles. The van der Waals surface area contributed by atoms with Crippen LogP contribution < -0.4 is 0 Å². The first-order valence-electron chi connectivity index (χ1n) is 18.4. The van der Waals surface area contributed by atoms with Gasteiger partial charge in [-0.2, -0.15) is 0 Å². The van der Waals surface area contributed by atoms with Crippen molar-refractivity contribution in [3.05, 3.63) is 7.05 Å². The highest BCUT2D eigenvalue weighted by Crippen LogP contribution is 2.15. The van der Waals surface area contributed by atoms with Gasteiger partial charge in [0, 0.05) is 7.05 Å². The molecular weight excluding hydrogens is 458 g/mol. The van der Waals surface area contributed by atoms with Gasteiger partial charge in [0.25, 0.3) is 0 Å². The fraction of sp³-hybridized carbons (Fsp3) is 0.973. The van der Waals surface area contributed by atoms with Crippen molar-refractivity contribution in [1.82, 2.24) is 4.90 Å². The standard InChI is InChI=1S/C37H76N/c1-4-6-8-10-12-14-16-18-20-22-24-26-28-30-32-34-36-38(3)37-35-33-31-29-27-25-23-21-19-17-15-13-11-9-7-5-2/h3-37H2,1-2H3. The number of hydrogen-bond acceptors (Lipinski definition) is 1.